The van der Waals surface area contributed by atoms with Gasteiger partial charge in [-0.1, -0.05) is 25.3 Å². The molecule has 2 fully saturated rings. The van der Waals surface area contributed by atoms with E-state index in [1.807, 2.05) is 6.07 Å². The molecule has 3 aliphatic rings. The van der Waals surface area contributed by atoms with Gasteiger partial charge in [0.15, 0.2) is 27.3 Å². The first-order valence-corrected chi connectivity index (χ1v) is 11.9. The summed E-state index contributed by atoms with van der Waals surface area (Å²) in [6.07, 6.45) is 6.50. The Morgan fingerprint density at radius 1 is 1.21 bits per heavy atom. The fourth-order valence-corrected chi connectivity index (χ4v) is 6.25. The van der Waals surface area contributed by atoms with E-state index in [9.17, 15) is 8.42 Å². The van der Waals surface area contributed by atoms with E-state index in [-0.39, 0.29) is 53.7 Å². The maximum atomic E-state index is 11.7. The summed E-state index contributed by atoms with van der Waals surface area (Å²) in [5.41, 5.74) is 1.28. The van der Waals surface area contributed by atoms with Gasteiger partial charge in [0.25, 0.3) is 0 Å². The number of nitrogens with one attached hydrogen (secondary N) is 2. The summed E-state index contributed by atoms with van der Waals surface area (Å²) in [6.45, 7) is 1.04. The number of guanidine groups is 1. The molecule has 1 unspecified atom stereocenters. The number of nitrogens with zero attached hydrogens (tertiary/aromatic N) is 1. The van der Waals surface area contributed by atoms with Gasteiger partial charge in [0.1, 0.15) is 0 Å². The van der Waals surface area contributed by atoms with Crippen LogP contribution in [0.3, 0.4) is 0 Å². The molecule has 2 N–H and O–H groups in total. The Labute approximate surface area is 190 Å². The first-order chi connectivity index (χ1) is 13.5. The van der Waals surface area contributed by atoms with Gasteiger partial charge in [0.2, 0.25) is 6.79 Å². The molecule has 0 spiro atoms. The first-order valence-electron chi connectivity index (χ1n) is 10.1. The number of sulfone groups is 1. The van der Waals surface area contributed by atoms with Crippen molar-refractivity contribution >= 4 is 39.8 Å². The lowest BCUT2D eigenvalue weighted by Crippen LogP contribution is -2.49. The van der Waals surface area contributed by atoms with Crippen LogP contribution in [-0.2, 0) is 15.3 Å². The van der Waals surface area contributed by atoms with Crippen molar-refractivity contribution in [3.05, 3.63) is 23.8 Å². The SMILES string of the molecule is CN=C(NCC1(c2ccc3c(c2)OCO3)CCCCC1)NC1CCS(=O)(=O)C1.I. The van der Waals surface area contributed by atoms with E-state index in [0.29, 0.717) is 12.4 Å². The van der Waals surface area contributed by atoms with Gasteiger partial charge in [0.05, 0.1) is 11.5 Å². The minimum absolute atomic E-state index is 0. The second-order valence-electron chi connectivity index (χ2n) is 8.08. The molecule has 162 valence electrons. The van der Waals surface area contributed by atoms with Gasteiger partial charge in [-0.05, 0) is 37.0 Å². The second-order valence-corrected chi connectivity index (χ2v) is 10.3. The Balaban J connectivity index is 0.00000240. The van der Waals surface area contributed by atoms with Crippen LogP contribution in [0.15, 0.2) is 23.2 Å². The summed E-state index contributed by atoms with van der Waals surface area (Å²) >= 11 is 0. The van der Waals surface area contributed by atoms with Crippen molar-refractivity contribution in [3.63, 3.8) is 0 Å². The third-order valence-electron chi connectivity index (χ3n) is 6.19. The highest BCUT2D eigenvalue weighted by Gasteiger charge is 2.36. The van der Waals surface area contributed by atoms with Crippen molar-refractivity contribution in [1.82, 2.24) is 10.6 Å². The van der Waals surface area contributed by atoms with Crippen LogP contribution in [0.1, 0.15) is 44.1 Å². The van der Waals surface area contributed by atoms with E-state index in [1.54, 1.807) is 7.05 Å². The highest BCUT2D eigenvalue weighted by Crippen LogP contribution is 2.43. The van der Waals surface area contributed by atoms with Crippen molar-refractivity contribution in [2.24, 2.45) is 4.99 Å². The van der Waals surface area contributed by atoms with Gasteiger partial charge < -0.3 is 20.1 Å². The lowest BCUT2D eigenvalue weighted by atomic mass is 9.69. The summed E-state index contributed by atoms with van der Waals surface area (Å²) in [5.74, 6) is 2.74. The van der Waals surface area contributed by atoms with Crippen LogP contribution >= 0.6 is 24.0 Å². The number of rotatable bonds is 4. The molecular weight excluding hydrogens is 505 g/mol. The number of fused-ring (bicyclic) bond motifs is 1. The normalized spacial score (nSPS) is 24.6. The minimum atomic E-state index is -2.92. The summed E-state index contributed by atoms with van der Waals surface area (Å²) in [6, 6.07) is 6.21. The molecular formula is C20H30IN3O4S. The number of aliphatic imine (C=N–C) groups is 1. The number of ether oxygens (including phenoxy) is 2. The van der Waals surface area contributed by atoms with Gasteiger partial charge in [0, 0.05) is 25.0 Å². The predicted molar refractivity (Wildman–Crippen MR) is 124 cm³/mol. The fraction of sp³-hybridized carbons (Fsp3) is 0.650. The zero-order chi connectivity index (χ0) is 19.6. The van der Waals surface area contributed by atoms with Crippen LogP contribution in [0.5, 0.6) is 11.5 Å². The molecule has 4 rings (SSSR count). The van der Waals surface area contributed by atoms with Gasteiger partial charge in [-0.2, -0.15) is 0 Å². The second kappa shape index (κ2) is 9.28. The van der Waals surface area contributed by atoms with Crippen molar-refractivity contribution in [3.8, 4) is 11.5 Å². The number of hydrogen-bond acceptors (Lipinski definition) is 5. The molecule has 0 amide bonds. The Morgan fingerprint density at radius 2 is 1.97 bits per heavy atom. The standard InChI is InChI=1S/C20H29N3O4S.HI/c1-21-19(23-16-7-10-28(24,25)12-16)22-13-20(8-3-2-4-9-20)15-5-6-17-18(11-15)27-14-26-17;/h5-6,11,16H,2-4,7-10,12-14H2,1H3,(H2,21,22,23);1H. The number of hydrogen-bond donors (Lipinski definition) is 2. The summed E-state index contributed by atoms with van der Waals surface area (Å²) in [4.78, 5) is 4.32. The highest BCUT2D eigenvalue weighted by molar-refractivity contribution is 14.0. The molecule has 1 aromatic carbocycles. The minimum Gasteiger partial charge on any atom is -0.454 e. The van der Waals surface area contributed by atoms with E-state index in [2.05, 4.69) is 27.8 Å². The third kappa shape index (κ3) is 5.10. The molecule has 9 heteroatoms. The monoisotopic (exact) mass is 535 g/mol. The van der Waals surface area contributed by atoms with Crippen LogP contribution in [0.25, 0.3) is 0 Å². The van der Waals surface area contributed by atoms with Crippen LogP contribution in [0, 0.1) is 0 Å². The molecule has 1 aliphatic carbocycles. The van der Waals surface area contributed by atoms with E-state index in [4.69, 9.17) is 9.47 Å². The Hall–Kier alpha value is -1.23. The zero-order valence-electron chi connectivity index (χ0n) is 16.8. The average molecular weight is 535 g/mol. The molecule has 0 aromatic heterocycles. The van der Waals surface area contributed by atoms with Gasteiger partial charge in [-0.25, -0.2) is 8.42 Å². The first kappa shape index (κ1) is 22.5. The maximum Gasteiger partial charge on any atom is 0.231 e. The molecule has 29 heavy (non-hydrogen) atoms. The number of benzene rings is 1. The van der Waals surface area contributed by atoms with E-state index >= 15 is 0 Å². The van der Waals surface area contributed by atoms with Gasteiger partial charge >= 0.3 is 0 Å². The Bertz CT molecular complexity index is 853. The van der Waals surface area contributed by atoms with E-state index in [0.717, 1.165) is 30.9 Å². The van der Waals surface area contributed by atoms with Crippen molar-refractivity contribution < 1.29 is 17.9 Å². The molecule has 0 radical (unpaired) electrons. The van der Waals surface area contributed by atoms with Crippen molar-refractivity contribution in [1.29, 1.82) is 0 Å². The highest BCUT2D eigenvalue weighted by atomic mass is 127. The van der Waals surface area contributed by atoms with Crippen LogP contribution in [0.2, 0.25) is 0 Å². The largest absolute Gasteiger partial charge is 0.454 e. The lowest BCUT2D eigenvalue weighted by Gasteiger charge is -2.38. The van der Waals surface area contributed by atoms with E-state index in [1.165, 1.54) is 24.8 Å². The Morgan fingerprint density at radius 3 is 2.66 bits per heavy atom. The lowest BCUT2D eigenvalue weighted by molar-refractivity contribution is 0.174. The van der Waals surface area contributed by atoms with Gasteiger partial charge in [-0.3, -0.25) is 4.99 Å². The topological polar surface area (TPSA) is 89.0 Å². The van der Waals surface area contributed by atoms with Crippen LogP contribution in [0.4, 0.5) is 0 Å². The third-order valence-corrected chi connectivity index (χ3v) is 7.95. The quantitative estimate of drug-likeness (QED) is 0.350. The van der Waals surface area contributed by atoms with E-state index < -0.39 is 9.84 Å². The van der Waals surface area contributed by atoms with Crippen LogP contribution in [-0.4, -0.2) is 52.3 Å². The summed E-state index contributed by atoms with van der Waals surface area (Å²) < 4.78 is 34.5. The zero-order valence-corrected chi connectivity index (χ0v) is 19.9. The van der Waals surface area contributed by atoms with Crippen molar-refractivity contribution in [2.45, 2.75) is 50.0 Å². The molecule has 2 aliphatic heterocycles. The summed E-state index contributed by atoms with van der Waals surface area (Å²) in [5, 5.41) is 6.76. The average Bonchev–Trinajstić information content (AvgIpc) is 3.30. The molecule has 1 saturated heterocycles. The molecule has 1 saturated carbocycles. The summed E-state index contributed by atoms with van der Waals surface area (Å²) in [7, 11) is -1.19. The molecule has 0 bridgehead atoms. The fourth-order valence-electron chi connectivity index (χ4n) is 4.57. The number of halogens is 1. The maximum absolute atomic E-state index is 11.7. The molecule has 2 heterocycles. The molecule has 1 atom stereocenters. The smallest absolute Gasteiger partial charge is 0.231 e. The Kier molecular flexibility index (Phi) is 7.19. The van der Waals surface area contributed by atoms with Crippen LogP contribution < -0.4 is 20.1 Å². The van der Waals surface area contributed by atoms with Crippen molar-refractivity contribution in [2.75, 3.05) is 31.9 Å². The molecule has 7 nitrogen and oxygen atoms in total. The predicted octanol–water partition coefficient (Wildman–Crippen LogP) is 2.59. The van der Waals surface area contributed by atoms with Gasteiger partial charge in [-0.15, -0.1) is 24.0 Å². The molecule has 1 aromatic rings.